The van der Waals surface area contributed by atoms with Crippen LogP contribution in [0.1, 0.15) is 102 Å². The Morgan fingerprint density at radius 3 is 2.02 bits per heavy atom. The molecule has 3 fully saturated rings. The van der Waals surface area contributed by atoms with Gasteiger partial charge in [-0.3, -0.25) is 19.2 Å². The van der Waals surface area contributed by atoms with E-state index in [0.717, 1.165) is 36.3 Å². The van der Waals surface area contributed by atoms with Crippen molar-refractivity contribution in [2.45, 2.75) is 128 Å². The Morgan fingerprint density at radius 1 is 0.768 bits per heavy atom. The molecule has 0 aromatic heterocycles. The molecule has 0 radical (unpaired) electrons. The maximum Gasteiger partial charge on any atom is 0.303 e. The lowest BCUT2D eigenvalue weighted by Crippen LogP contribution is -2.62. The van der Waals surface area contributed by atoms with Gasteiger partial charge in [0.25, 0.3) is 0 Å². The average molecular weight is 799 g/mol. The first kappa shape index (κ1) is 43.1. The number of nitrogens with one attached hydrogen (secondary N) is 1. The molecule has 3 aliphatic rings. The molecule has 3 saturated heterocycles. The number of anilines is 1. The number of hydrogen-bond acceptors (Lipinski definition) is 14. The number of rotatable bonds is 13. The van der Waals surface area contributed by atoms with Gasteiger partial charge in [-0.25, -0.2) is 0 Å². The summed E-state index contributed by atoms with van der Waals surface area (Å²) in [6.45, 7) is 7.26. The van der Waals surface area contributed by atoms with Crippen molar-refractivity contribution in [3.05, 3.63) is 65.2 Å². The molecule has 2 aromatic carbocycles. The minimum atomic E-state index is -1.29. The molecule has 3 aliphatic heterocycles. The Bertz CT molecular complexity index is 1650. The van der Waals surface area contributed by atoms with Gasteiger partial charge in [0.2, 0.25) is 0 Å². The zero-order valence-electron chi connectivity index (χ0n) is 32.5. The Balaban J connectivity index is 1.35. The van der Waals surface area contributed by atoms with Gasteiger partial charge in [0.1, 0.15) is 18.8 Å². The lowest BCUT2D eigenvalue weighted by atomic mass is 9.92. The van der Waals surface area contributed by atoms with Gasteiger partial charge in [-0.05, 0) is 49.2 Å². The van der Waals surface area contributed by atoms with Gasteiger partial charge in [0.15, 0.2) is 24.6 Å². The molecule has 2 aromatic rings. The van der Waals surface area contributed by atoms with E-state index in [1.165, 1.54) is 59.8 Å². The highest BCUT2D eigenvalue weighted by molar-refractivity contribution is 7.80. The summed E-state index contributed by atoms with van der Waals surface area (Å²) < 4.78 is 41.4. The molecule has 14 nitrogen and oxygen atoms in total. The van der Waals surface area contributed by atoms with Crippen molar-refractivity contribution in [1.82, 2.24) is 4.90 Å². The lowest BCUT2D eigenvalue weighted by Gasteiger charge is -2.44. The quantitative estimate of drug-likeness (QED) is 0.153. The number of carbonyl (C=O) groups is 4. The largest absolute Gasteiger partial charge is 0.463 e. The summed E-state index contributed by atoms with van der Waals surface area (Å²) in [6.07, 6.45) is -0.0636. The molecule has 306 valence electrons. The number of thiocarbonyl (C=S) groups is 1. The van der Waals surface area contributed by atoms with Crippen LogP contribution in [0.2, 0.25) is 0 Å². The van der Waals surface area contributed by atoms with Crippen LogP contribution in [-0.2, 0) is 58.9 Å². The van der Waals surface area contributed by atoms with Crippen molar-refractivity contribution >= 4 is 46.8 Å². The predicted molar refractivity (Wildman–Crippen MR) is 207 cm³/mol. The Morgan fingerprint density at radius 2 is 1.39 bits per heavy atom. The van der Waals surface area contributed by atoms with Crippen LogP contribution in [0.5, 0.6) is 0 Å². The van der Waals surface area contributed by atoms with Gasteiger partial charge in [-0.2, -0.15) is 0 Å². The third-order valence-electron chi connectivity index (χ3n) is 9.94. The number of aliphatic hydroxyl groups is 1. The van der Waals surface area contributed by atoms with Crippen molar-refractivity contribution in [3.8, 4) is 0 Å². The van der Waals surface area contributed by atoms with Crippen LogP contribution in [0.15, 0.2) is 48.5 Å². The van der Waals surface area contributed by atoms with Crippen molar-refractivity contribution in [2.75, 3.05) is 31.6 Å². The van der Waals surface area contributed by atoms with E-state index in [1.807, 2.05) is 48.5 Å². The predicted octanol–water partition coefficient (Wildman–Crippen LogP) is 5.25. The van der Waals surface area contributed by atoms with E-state index in [9.17, 15) is 24.3 Å². The molecule has 2 N–H and O–H groups in total. The van der Waals surface area contributed by atoms with Gasteiger partial charge < -0.3 is 48.5 Å². The molecular formula is C41H54N2O12S. The first-order valence-corrected chi connectivity index (χ1v) is 19.7. The highest BCUT2D eigenvalue weighted by Crippen LogP contribution is 2.39. The zero-order valence-corrected chi connectivity index (χ0v) is 33.3. The standard InChI is InChI=1S/C41H54N2O12S/c1-25(45)49-24-36-39(51-27(3)47)40(52-28(4)48)38(50-26(2)46)35(54-36)21-37(56)42-32-12-10-11-31(19-32)41-53-33(22-43-17-8-6-5-7-9-18-43)20-34(55-41)30-15-13-29(23-44)14-16-30/h10-16,19,33-36,38-41,44H,5-9,17-18,20-24H2,1-4H3,(H,42,56). The molecule has 0 bridgehead atoms. The topological polar surface area (TPSA) is 168 Å². The number of hydrogen-bond donors (Lipinski definition) is 2. The summed E-state index contributed by atoms with van der Waals surface area (Å²) in [5, 5.41) is 12.9. The van der Waals surface area contributed by atoms with Crippen molar-refractivity contribution < 1.29 is 57.4 Å². The van der Waals surface area contributed by atoms with Gasteiger partial charge in [0, 0.05) is 58.3 Å². The molecule has 0 aliphatic carbocycles. The normalized spacial score (nSPS) is 27.2. The van der Waals surface area contributed by atoms with Crippen LogP contribution >= 0.6 is 12.2 Å². The molecule has 8 unspecified atom stereocenters. The number of benzene rings is 2. The first-order valence-electron chi connectivity index (χ1n) is 19.3. The maximum atomic E-state index is 12.3. The third-order valence-corrected chi connectivity index (χ3v) is 10.2. The van der Waals surface area contributed by atoms with E-state index in [-0.39, 0.29) is 31.8 Å². The fourth-order valence-electron chi connectivity index (χ4n) is 7.46. The molecular weight excluding hydrogens is 745 g/mol. The minimum Gasteiger partial charge on any atom is -0.463 e. The highest BCUT2D eigenvalue weighted by atomic mass is 32.1. The number of ether oxygens (including phenoxy) is 7. The van der Waals surface area contributed by atoms with Crippen LogP contribution in [0.25, 0.3) is 0 Å². The fraction of sp³-hybridized carbons (Fsp3) is 0.585. The van der Waals surface area contributed by atoms with Gasteiger partial charge in [-0.15, -0.1) is 0 Å². The molecule has 5 rings (SSSR count). The lowest BCUT2D eigenvalue weighted by molar-refractivity contribution is -0.253. The monoisotopic (exact) mass is 798 g/mol. The molecule has 0 saturated carbocycles. The van der Waals surface area contributed by atoms with E-state index < -0.39 is 60.7 Å². The number of likely N-dealkylation sites (tertiary alicyclic amines) is 1. The number of esters is 4. The third kappa shape index (κ3) is 12.8. The van der Waals surface area contributed by atoms with Gasteiger partial charge >= 0.3 is 23.9 Å². The van der Waals surface area contributed by atoms with Crippen LogP contribution < -0.4 is 5.32 Å². The fourth-order valence-corrected chi connectivity index (χ4v) is 7.74. The van der Waals surface area contributed by atoms with Crippen LogP contribution in [-0.4, -0.2) is 102 Å². The van der Waals surface area contributed by atoms with E-state index in [4.69, 9.17) is 45.4 Å². The second-order valence-electron chi connectivity index (χ2n) is 14.5. The van der Waals surface area contributed by atoms with Crippen molar-refractivity contribution in [1.29, 1.82) is 0 Å². The summed E-state index contributed by atoms with van der Waals surface area (Å²) in [6, 6.07) is 15.4. The molecule has 56 heavy (non-hydrogen) atoms. The summed E-state index contributed by atoms with van der Waals surface area (Å²) in [7, 11) is 0. The molecule has 3 heterocycles. The molecule has 0 amide bonds. The van der Waals surface area contributed by atoms with E-state index >= 15 is 0 Å². The smallest absolute Gasteiger partial charge is 0.303 e. The number of carbonyl (C=O) groups excluding carboxylic acids is 4. The zero-order chi connectivity index (χ0) is 40.2. The molecule has 0 spiro atoms. The van der Waals surface area contributed by atoms with Gasteiger partial charge in [-0.1, -0.05) is 67.9 Å². The van der Waals surface area contributed by atoms with Crippen LogP contribution in [0, 0.1) is 0 Å². The first-order chi connectivity index (χ1) is 26.9. The second kappa shape index (κ2) is 21.0. The van der Waals surface area contributed by atoms with Crippen molar-refractivity contribution in [3.63, 3.8) is 0 Å². The SMILES string of the molecule is CC(=O)OCC1OC(CC(=S)Nc2cccc(C3OC(CN4CCCCCCC4)CC(c4ccc(CO)cc4)O3)c2)C(OC(C)=O)C(OC(C)=O)C1OC(C)=O. The number of aliphatic hydroxyl groups excluding tert-OH is 1. The van der Waals surface area contributed by atoms with E-state index in [2.05, 4.69) is 10.2 Å². The summed E-state index contributed by atoms with van der Waals surface area (Å²) >= 11 is 5.79. The average Bonchev–Trinajstić information content (AvgIpc) is 3.13. The minimum absolute atomic E-state index is 0.0150. The Kier molecular flexibility index (Phi) is 16.1. The maximum absolute atomic E-state index is 12.3. The van der Waals surface area contributed by atoms with Crippen LogP contribution in [0.4, 0.5) is 5.69 Å². The Hall–Kier alpha value is -3.99. The van der Waals surface area contributed by atoms with Crippen molar-refractivity contribution in [2.24, 2.45) is 0 Å². The Labute approximate surface area is 333 Å². The van der Waals surface area contributed by atoms with E-state index in [1.54, 1.807) is 0 Å². The van der Waals surface area contributed by atoms with Crippen LogP contribution in [0.3, 0.4) is 0 Å². The summed E-state index contributed by atoms with van der Waals surface area (Å²) in [5.74, 6) is -2.71. The number of nitrogens with zero attached hydrogens (tertiary/aromatic N) is 1. The second-order valence-corrected chi connectivity index (χ2v) is 15.0. The molecule has 8 atom stereocenters. The van der Waals surface area contributed by atoms with Gasteiger partial charge in [0.05, 0.1) is 23.8 Å². The highest BCUT2D eigenvalue weighted by Gasteiger charge is 2.52. The molecule has 15 heteroatoms. The summed E-state index contributed by atoms with van der Waals surface area (Å²) in [5.41, 5.74) is 3.25. The summed E-state index contributed by atoms with van der Waals surface area (Å²) in [4.78, 5) is 51.2. The van der Waals surface area contributed by atoms with E-state index in [0.29, 0.717) is 17.1 Å².